The lowest BCUT2D eigenvalue weighted by molar-refractivity contribution is 0.120. The first kappa shape index (κ1) is 23.7. The van der Waals surface area contributed by atoms with E-state index in [-0.39, 0.29) is 16.2 Å². The van der Waals surface area contributed by atoms with Crippen LogP contribution in [0.4, 0.5) is 0 Å². The van der Waals surface area contributed by atoms with Gasteiger partial charge in [-0.3, -0.25) is 0 Å². The molecule has 1 atom stereocenters. The molecule has 0 aromatic rings. The molecule has 0 aliphatic heterocycles. The van der Waals surface area contributed by atoms with Crippen LogP contribution in [0.3, 0.4) is 0 Å². The van der Waals surface area contributed by atoms with Crippen molar-refractivity contribution >= 4 is 16.1 Å². The van der Waals surface area contributed by atoms with E-state index in [0.717, 1.165) is 0 Å². The van der Waals surface area contributed by atoms with E-state index >= 15 is 0 Å². The normalized spacial score (nSPS) is 19.7. The molecule has 150 valence electrons. The SMILES string of the molecule is CC(C)(C)[Si](C)(C)C#C/C=C(/C(O)C1CCCCC1)[Si](C)(C)C(C)(C)C. The minimum atomic E-state index is -1.80. The van der Waals surface area contributed by atoms with Crippen molar-refractivity contribution in [2.75, 3.05) is 0 Å². The van der Waals surface area contributed by atoms with Crippen LogP contribution >= 0.6 is 0 Å². The second-order valence-corrected chi connectivity index (χ2v) is 21.8. The van der Waals surface area contributed by atoms with Crippen molar-refractivity contribution in [2.24, 2.45) is 5.92 Å². The Bertz CT molecular complexity index is 556. The predicted octanol–water partition coefficient (Wildman–Crippen LogP) is 6.95. The minimum Gasteiger partial charge on any atom is -0.389 e. The molecule has 1 unspecified atom stereocenters. The Hall–Kier alpha value is -0.306. The van der Waals surface area contributed by atoms with Crippen molar-refractivity contribution in [3.63, 3.8) is 0 Å². The highest BCUT2D eigenvalue weighted by Gasteiger charge is 2.43. The Morgan fingerprint density at radius 1 is 0.923 bits per heavy atom. The lowest BCUT2D eigenvalue weighted by Gasteiger charge is -2.42. The van der Waals surface area contributed by atoms with Gasteiger partial charge in [0.2, 0.25) is 0 Å². The van der Waals surface area contributed by atoms with E-state index < -0.39 is 16.1 Å². The molecular weight excluding hydrogens is 348 g/mol. The third-order valence-corrected chi connectivity index (χ3v) is 17.7. The molecule has 26 heavy (non-hydrogen) atoms. The second kappa shape index (κ2) is 8.37. The van der Waals surface area contributed by atoms with Crippen molar-refractivity contribution in [1.29, 1.82) is 0 Å². The van der Waals surface area contributed by atoms with E-state index in [1.54, 1.807) is 0 Å². The van der Waals surface area contributed by atoms with Crippen molar-refractivity contribution in [1.82, 2.24) is 0 Å². The fraction of sp³-hybridized carbons (Fsp3) is 0.826. The average Bonchev–Trinajstić information content (AvgIpc) is 2.49. The Labute approximate surface area is 166 Å². The topological polar surface area (TPSA) is 20.2 Å². The molecule has 0 saturated heterocycles. The van der Waals surface area contributed by atoms with Crippen LogP contribution in [-0.4, -0.2) is 27.4 Å². The summed E-state index contributed by atoms with van der Waals surface area (Å²) in [7, 11) is -3.42. The third-order valence-electron chi connectivity index (χ3n) is 7.50. The quantitative estimate of drug-likeness (QED) is 0.407. The molecule has 0 heterocycles. The maximum absolute atomic E-state index is 11.3. The van der Waals surface area contributed by atoms with E-state index in [9.17, 15) is 5.11 Å². The lowest BCUT2D eigenvalue weighted by Crippen LogP contribution is -2.46. The Balaban J connectivity index is 3.29. The number of allylic oxidation sites excluding steroid dienone is 1. The van der Waals surface area contributed by atoms with Gasteiger partial charge in [0.25, 0.3) is 0 Å². The maximum atomic E-state index is 11.3. The molecular formula is C23H44OSi2. The predicted molar refractivity (Wildman–Crippen MR) is 123 cm³/mol. The number of aliphatic hydroxyl groups excluding tert-OH is 1. The van der Waals surface area contributed by atoms with Gasteiger partial charge in [-0.25, -0.2) is 0 Å². The van der Waals surface area contributed by atoms with Gasteiger partial charge in [-0.1, -0.05) is 92.9 Å². The molecule has 1 rings (SSSR count). The van der Waals surface area contributed by atoms with Gasteiger partial charge in [-0.2, -0.15) is 0 Å². The van der Waals surface area contributed by atoms with Gasteiger partial charge in [0.15, 0.2) is 0 Å². The van der Waals surface area contributed by atoms with E-state index in [0.29, 0.717) is 5.92 Å². The molecule has 0 aromatic heterocycles. The summed E-state index contributed by atoms with van der Waals surface area (Å²) in [6.07, 6.45) is 8.05. The first-order valence-electron chi connectivity index (χ1n) is 10.5. The molecule has 1 aliphatic carbocycles. The molecule has 1 fully saturated rings. The molecule has 3 heteroatoms. The van der Waals surface area contributed by atoms with E-state index in [2.05, 4.69) is 85.3 Å². The summed E-state index contributed by atoms with van der Waals surface area (Å²) in [5.41, 5.74) is 3.63. The lowest BCUT2D eigenvalue weighted by atomic mass is 9.85. The molecule has 0 spiro atoms. The van der Waals surface area contributed by atoms with Crippen LogP contribution in [0.1, 0.15) is 73.6 Å². The molecule has 1 N–H and O–H groups in total. The number of hydrogen-bond acceptors (Lipinski definition) is 1. The number of rotatable bonds is 3. The van der Waals surface area contributed by atoms with Crippen LogP contribution in [0.5, 0.6) is 0 Å². The van der Waals surface area contributed by atoms with Gasteiger partial charge in [-0.05, 0) is 40.1 Å². The van der Waals surface area contributed by atoms with E-state index in [1.807, 2.05) is 0 Å². The number of aliphatic hydroxyl groups is 1. The molecule has 1 nitrogen and oxygen atoms in total. The fourth-order valence-electron chi connectivity index (χ4n) is 3.25. The summed E-state index contributed by atoms with van der Waals surface area (Å²) in [5, 5.41) is 13.1. The first-order chi connectivity index (χ1) is 11.6. The van der Waals surface area contributed by atoms with Crippen molar-refractivity contribution in [2.45, 2.75) is 116 Å². The zero-order chi connectivity index (χ0) is 20.4. The van der Waals surface area contributed by atoms with Crippen LogP contribution in [0, 0.1) is 17.4 Å². The minimum absolute atomic E-state index is 0.215. The molecule has 0 amide bonds. The van der Waals surface area contributed by atoms with Crippen molar-refractivity contribution < 1.29 is 5.11 Å². The van der Waals surface area contributed by atoms with Crippen molar-refractivity contribution in [3.8, 4) is 11.5 Å². The van der Waals surface area contributed by atoms with Crippen molar-refractivity contribution in [3.05, 3.63) is 11.3 Å². The second-order valence-electron chi connectivity index (χ2n) is 11.5. The fourth-order valence-corrected chi connectivity index (χ4v) is 6.34. The molecule has 0 bridgehead atoms. The summed E-state index contributed by atoms with van der Waals surface area (Å²) in [4.78, 5) is 0. The largest absolute Gasteiger partial charge is 0.389 e. The van der Waals surface area contributed by atoms with Gasteiger partial charge in [-0.15, -0.1) is 5.54 Å². The zero-order valence-corrected chi connectivity index (χ0v) is 21.2. The maximum Gasteiger partial charge on any atom is 0.138 e. The van der Waals surface area contributed by atoms with Crippen LogP contribution in [-0.2, 0) is 0 Å². The third kappa shape index (κ3) is 5.60. The molecule has 0 aromatic carbocycles. The zero-order valence-electron chi connectivity index (χ0n) is 19.2. The van der Waals surface area contributed by atoms with E-state index in [1.165, 1.54) is 37.3 Å². The van der Waals surface area contributed by atoms with Gasteiger partial charge < -0.3 is 5.11 Å². The molecule has 0 radical (unpaired) electrons. The highest BCUT2D eigenvalue weighted by molar-refractivity contribution is 6.88. The molecule has 1 aliphatic rings. The Kier molecular flexibility index (Phi) is 7.64. The van der Waals surface area contributed by atoms with Crippen LogP contribution < -0.4 is 0 Å². The summed E-state index contributed by atoms with van der Waals surface area (Å²) in [5.74, 6) is 3.88. The smallest absolute Gasteiger partial charge is 0.138 e. The van der Waals surface area contributed by atoms with Gasteiger partial charge in [0.05, 0.1) is 14.2 Å². The highest BCUT2D eigenvalue weighted by Crippen LogP contribution is 2.44. The molecule has 1 saturated carbocycles. The Morgan fingerprint density at radius 3 is 1.85 bits per heavy atom. The summed E-state index contributed by atoms with van der Waals surface area (Å²) < 4.78 is 0. The van der Waals surface area contributed by atoms with Gasteiger partial charge in [0.1, 0.15) is 8.07 Å². The highest BCUT2D eigenvalue weighted by atomic mass is 28.3. The summed E-state index contributed by atoms with van der Waals surface area (Å²) >= 11 is 0. The first-order valence-corrected chi connectivity index (χ1v) is 16.5. The van der Waals surface area contributed by atoms with Crippen LogP contribution in [0.15, 0.2) is 11.3 Å². The number of hydrogen-bond donors (Lipinski definition) is 1. The van der Waals surface area contributed by atoms with Gasteiger partial charge in [0, 0.05) is 0 Å². The van der Waals surface area contributed by atoms with E-state index in [4.69, 9.17) is 0 Å². The average molecular weight is 393 g/mol. The van der Waals surface area contributed by atoms with Gasteiger partial charge >= 0.3 is 0 Å². The standard InChI is InChI=1S/C23H44OSi2/c1-22(2,3)25(7,8)18-14-17-20(26(9,10)23(4,5)6)21(24)19-15-12-11-13-16-19/h17,19,21,24H,11-13,15-16H2,1-10H3/b20-17-. The summed E-state index contributed by atoms with van der Waals surface area (Å²) in [6, 6.07) is 0. The monoisotopic (exact) mass is 392 g/mol. The summed E-state index contributed by atoms with van der Waals surface area (Å²) in [6.45, 7) is 23.5. The van der Waals surface area contributed by atoms with Crippen LogP contribution in [0.2, 0.25) is 36.3 Å². The Morgan fingerprint density at radius 2 is 1.42 bits per heavy atom. The van der Waals surface area contributed by atoms with Crippen LogP contribution in [0.25, 0.3) is 0 Å².